The van der Waals surface area contributed by atoms with E-state index in [0.717, 1.165) is 0 Å². The Kier molecular flexibility index (Phi) is 9.12. The summed E-state index contributed by atoms with van der Waals surface area (Å²) in [6.45, 7) is 8.56. The summed E-state index contributed by atoms with van der Waals surface area (Å²) >= 11 is 3.57. The summed E-state index contributed by atoms with van der Waals surface area (Å²) in [5, 5.41) is 17.1. The molecular weight excluding hydrogens is 676 g/mol. The minimum Gasteiger partial charge on any atom is -0.508 e. The van der Waals surface area contributed by atoms with Crippen molar-refractivity contribution in [1.29, 1.82) is 0 Å². The van der Waals surface area contributed by atoms with Crippen molar-refractivity contribution in [3.05, 3.63) is 74.9 Å². The number of oxazole rings is 1. The maximum absolute atomic E-state index is 15.0. The number of esters is 1. The number of hydrogen-bond donors (Lipinski definition) is 3. The molecule has 1 aromatic heterocycles. The molecule has 2 aliphatic heterocycles. The number of phenolic OH excluding ortho intramolecular Hbond substituents is 1. The van der Waals surface area contributed by atoms with Gasteiger partial charge in [-0.3, -0.25) is 14.5 Å². The molecule has 1 spiro atoms. The fourth-order valence-corrected chi connectivity index (χ4v) is 6.58. The number of phenols is 1. The first-order valence-electron chi connectivity index (χ1n) is 15.0. The van der Waals surface area contributed by atoms with Crippen LogP contribution in [0.3, 0.4) is 0 Å². The van der Waals surface area contributed by atoms with Gasteiger partial charge in [-0.2, -0.15) is 0 Å². The molecule has 0 aliphatic carbocycles. The molecule has 0 radical (unpaired) electrons. The summed E-state index contributed by atoms with van der Waals surface area (Å²) in [6, 6.07) is 7.62. The van der Waals surface area contributed by atoms with E-state index in [-0.39, 0.29) is 47.7 Å². The highest BCUT2D eigenvalue weighted by Crippen LogP contribution is 2.55. The van der Waals surface area contributed by atoms with E-state index in [1.807, 2.05) is 13.8 Å². The number of benzene rings is 2. The van der Waals surface area contributed by atoms with Crippen LogP contribution in [0.25, 0.3) is 0 Å². The number of carbonyl (C=O) groups excluding carboxylic acids is 4. The zero-order valence-corrected chi connectivity index (χ0v) is 28.7. The van der Waals surface area contributed by atoms with Crippen LogP contribution in [0, 0.1) is 5.92 Å². The number of anilines is 1. The molecule has 3 N–H and O–H groups in total. The number of amides is 3. The Hall–Kier alpha value is -4.43. The smallest absolute Gasteiger partial charge is 0.408 e. The molecule has 0 unspecified atom stereocenters. The third-order valence-corrected chi connectivity index (χ3v) is 8.63. The second-order valence-corrected chi connectivity index (χ2v) is 13.6. The lowest BCUT2D eigenvalue weighted by Crippen LogP contribution is -2.50. The standard InChI is InChI=1S/C33H37BrN4O9/c1-16(2)23-28-37-24(29(41)45-7)26(46-28)33(18-9-8-10-20(34)25(18)38(15-44-6)30(33)42)19-13-17(11-12-22(19)39)14-21(27(40)36-23)35-31(43)47-32(3,4)5/h8-13,16,21,23,39H,14-15H2,1-7H3,(H,35,43)(H,36,40)/t21-,23-,33+/m0/s1. The van der Waals surface area contributed by atoms with Gasteiger partial charge in [-0.05, 0) is 60.3 Å². The predicted octanol–water partition coefficient (Wildman–Crippen LogP) is 4.48. The normalized spacial score (nSPS) is 20.7. The summed E-state index contributed by atoms with van der Waals surface area (Å²) < 4.78 is 23.0. The van der Waals surface area contributed by atoms with E-state index < -0.39 is 47.0 Å². The van der Waals surface area contributed by atoms with Crippen molar-refractivity contribution in [2.24, 2.45) is 5.92 Å². The van der Waals surface area contributed by atoms with E-state index in [2.05, 4.69) is 31.5 Å². The highest BCUT2D eigenvalue weighted by molar-refractivity contribution is 9.10. The van der Waals surface area contributed by atoms with Crippen LogP contribution in [-0.4, -0.2) is 66.6 Å². The maximum Gasteiger partial charge on any atom is 0.408 e. The number of aromatic hydroxyl groups is 1. The summed E-state index contributed by atoms with van der Waals surface area (Å²) in [4.78, 5) is 61.0. The molecule has 13 nitrogen and oxygen atoms in total. The van der Waals surface area contributed by atoms with Crippen LogP contribution in [0.15, 0.2) is 45.3 Å². The number of halogens is 1. The Morgan fingerprint density at radius 1 is 1.19 bits per heavy atom. The molecule has 0 saturated heterocycles. The van der Waals surface area contributed by atoms with Gasteiger partial charge in [-0.1, -0.05) is 38.1 Å². The number of ether oxygens (including phenoxy) is 3. The molecule has 250 valence electrons. The molecule has 3 heterocycles. The Labute approximate surface area is 280 Å². The number of nitrogens with zero attached hydrogens (tertiary/aromatic N) is 2. The van der Waals surface area contributed by atoms with Crippen molar-refractivity contribution in [1.82, 2.24) is 15.6 Å². The van der Waals surface area contributed by atoms with Crippen molar-refractivity contribution < 1.29 is 42.9 Å². The Morgan fingerprint density at radius 2 is 1.91 bits per heavy atom. The molecular formula is C33H37BrN4O9. The van der Waals surface area contributed by atoms with E-state index >= 15 is 0 Å². The second kappa shape index (κ2) is 12.6. The molecule has 14 heteroatoms. The van der Waals surface area contributed by atoms with Crippen LogP contribution in [0.1, 0.15) is 79.5 Å². The summed E-state index contributed by atoms with van der Waals surface area (Å²) in [5.41, 5.74) is -1.77. The Bertz CT molecular complexity index is 1750. The van der Waals surface area contributed by atoms with Crippen LogP contribution in [0.4, 0.5) is 10.5 Å². The first-order chi connectivity index (χ1) is 22.1. The third kappa shape index (κ3) is 5.95. The molecule has 3 atom stereocenters. The topological polar surface area (TPSA) is 170 Å². The fraction of sp³-hybridized carbons (Fsp3) is 0.424. The Morgan fingerprint density at radius 3 is 2.55 bits per heavy atom. The van der Waals surface area contributed by atoms with Crippen molar-refractivity contribution in [3.8, 4) is 5.75 Å². The first kappa shape index (κ1) is 33.9. The number of alkyl carbamates (subject to hydrolysis) is 1. The van der Waals surface area contributed by atoms with E-state index in [4.69, 9.17) is 18.6 Å². The van der Waals surface area contributed by atoms with Gasteiger partial charge in [0.05, 0.1) is 12.8 Å². The fourth-order valence-electron chi connectivity index (χ4n) is 6.00. The number of para-hydroxylation sites is 1. The largest absolute Gasteiger partial charge is 0.508 e. The minimum absolute atomic E-state index is 0.0448. The number of nitrogens with one attached hydrogen (secondary N) is 2. The number of hydrogen-bond acceptors (Lipinski definition) is 10. The van der Waals surface area contributed by atoms with Gasteiger partial charge in [0, 0.05) is 29.1 Å². The monoisotopic (exact) mass is 712 g/mol. The van der Waals surface area contributed by atoms with Gasteiger partial charge in [0.1, 0.15) is 30.2 Å². The predicted molar refractivity (Wildman–Crippen MR) is 172 cm³/mol. The molecule has 4 bridgehead atoms. The van der Waals surface area contributed by atoms with Crippen LogP contribution in [-0.2, 0) is 35.6 Å². The lowest BCUT2D eigenvalue weighted by atomic mass is 9.71. The van der Waals surface area contributed by atoms with Crippen molar-refractivity contribution in [2.45, 2.75) is 64.1 Å². The van der Waals surface area contributed by atoms with E-state index in [0.29, 0.717) is 21.3 Å². The van der Waals surface area contributed by atoms with Crippen molar-refractivity contribution in [2.75, 3.05) is 25.9 Å². The lowest BCUT2D eigenvalue weighted by Gasteiger charge is -2.30. The van der Waals surface area contributed by atoms with Crippen LogP contribution >= 0.6 is 15.9 Å². The second-order valence-electron chi connectivity index (χ2n) is 12.7. The van der Waals surface area contributed by atoms with Gasteiger partial charge >= 0.3 is 12.1 Å². The third-order valence-electron chi connectivity index (χ3n) is 7.99. The highest BCUT2D eigenvalue weighted by Gasteiger charge is 2.60. The van der Waals surface area contributed by atoms with Gasteiger partial charge in [-0.15, -0.1) is 0 Å². The van der Waals surface area contributed by atoms with Gasteiger partial charge in [0.15, 0.2) is 16.9 Å². The van der Waals surface area contributed by atoms with Gasteiger partial charge in [0.25, 0.3) is 5.91 Å². The van der Waals surface area contributed by atoms with Gasteiger partial charge < -0.3 is 34.4 Å². The molecule has 3 amide bonds. The van der Waals surface area contributed by atoms with E-state index in [1.54, 1.807) is 51.1 Å². The molecule has 0 saturated carbocycles. The van der Waals surface area contributed by atoms with Crippen molar-refractivity contribution >= 4 is 45.5 Å². The highest BCUT2D eigenvalue weighted by atomic mass is 79.9. The zero-order chi connectivity index (χ0) is 34.4. The number of aromatic nitrogens is 1. The molecule has 2 aromatic carbocycles. The molecule has 0 fully saturated rings. The quantitative estimate of drug-likeness (QED) is 0.321. The minimum atomic E-state index is -1.97. The molecule has 2 aliphatic rings. The average Bonchev–Trinajstić information content (AvgIpc) is 3.53. The maximum atomic E-state index is 15.0. The van der Waals surface area contributed by atoms with E-state index in [9.17, 15) is 24.3 Å². The first-order valence-corrected chi connectivity index (χ1v) is 15.7. The summed E-state index contributed by atoms with van der Waals surface area (Å²) in [7, 11) is 2.61. The summed E-state index contributed by atoms with van der Waals surface area (Å²) in [5.74, 6) is -2.96. The van der Waals surface area contributed by atoms with Gasteiger partial charge in [-0.25, -0.2) is 14.6 Å². The van der Waals surface area contributed by atoms with Crippen LogP contribution < -0.4 is 15.5 Å². The van der Waals surface area contributed by atoms with E-state index in [1.165, 1.54) is 25.2 Å². The lowest BCUT2D eigenvalue weighted by molar-refractivity contribution is -0.125. The summed E-state index contributed by atoms with van der Waals surface area (Å²) in [6.07, 6.45) is -0.857. The average molecular weight is 714 g/mol. The number of carbonyl (C=O) groups is 4. The number of fused-ring (bicyclic) bond motifs is 8. The molecule has 5 rings (SSSR count). The van der Waals surface area contributed by atoms with Crippen molar-refractivity contribution in [3.63, 3.8) is 0 Å². The number of methoxy groups -OCH3 is 2. The van der Waals surface area contributed by atoms with Crippen LogP contribution in [0.2, 0.25) is 0 Å². The molecule has 3 aromatic rings. The van der Waals surface area contributed by atoms with Crippen LogP contribution in [0.5, 0.6) is 5.75 Å². The molecule has 47 heavy (non-hydrogen) atoms. The Balaban J connectivity index is 1.86. The number of rotatable bonds is 5. The zero-order valence-electron chi connectivity index (χ0n) is 27.1. The van der Waals surface area contributed by atoms with Gasteiger partial charge in [0.2, 0.25) is 11.8 Å². The SMILES string of the molecule is COCN1C(=O)[C@@]2(c3cc(ccc3O)C[C@H](NC(=O)OC(C)(C)C)C(=O)N[C@@H](C(C)C)c3nc(C(=O)OC)c2o3)c2cccc(Br)c21.